The smallest absolute Gasteiger partial charge is 0.125 e. The summed E-state index contributed by atoms with van der Waals surface area (Å²) in [7, 11) is 1.65. The number of hydrogen-bond acceptors (Lipinski definition) is 4. The maximum Gasteiger partial charge on any atom is 0.125 e. The molecule has 0 radical (unpaired) electrons. The summed E-state index contributed by atoms with van der Waals surface area (Å²) in [4.78, 5) is 0. The average molecular weight is 395 g/mol. The molecule has 0 aliphatic rings. The van der Waals surface area contributed by atoms with E-state index in [-0.39, 0.29) is 0 Å². The Morgan fingerprint density at radius 3 is 2.39 bits per heavy atom. The van der Waals surface area contributed by atoms with E-state index in [1.807, 2.05) is 74.5 Å². The van der Waals surface area contributed by atoms with Crippen LogP contribution in [0.1, 0.15) is 22.3 Å². The quantitative estimate of drug-likeness (QED) is 0.395. The molecule has 0 unspecified atom stereocenters. The largest absolute Gasteiger partial charge is 0.496 e. The molecule has 0 aliphatic carbocycles. The van der Waals surface area contributed by atoms with Gasteiger partial charge < -0.3 is 9.47 Å². The number of para-hydroxylation sites is 1. The molecule has 3 aromatic rings. The maximum absolute atomic E-state index is 6.23. The van der Waals surface area contributed by atoms with Crippen molar-refractivity contribution >= 4 is 23.5 Å². The first kappa shape index (κ1) is 19.8. The zero-order valence-corrected chi connectivity index (χ0v) is 17.0. The number of benzene rings is 3. The Balaban J connectivity index is 1.72. The molecule has 28 heavy (non-hydrogen) atoms. The molecule has 0 amide bonds. The summed E-state index contributed by atoms with van der Waals surface area (Å²) in [5, 5.41) is 5.06. The van der Waals surface area contributed by atoms with Crippen LogP contribution in [0.3, 0.4) is 0 Å². The van der Waals surface area contributed by atoms with E-state index in [1.165, 1.54) is 0 Å². The number of rotatable bonds is 7. The second kappa shape index (κ2) is 9.29. The number of anilines is 1. The Morgan fingerprint density at radius 1 is 1.00 bits per heavy atom. The minimum absolute atomic E-state index is 0.386. The molecular weight excluding hydrogens is 372 g/mol. The fourth-order valence-electron chi connectivity index (χ4n) is 2.84. The van der Waals surface area contributed by atoms with Gasteiger partial charge >= 0.3 is 0 Å². The summed E-state index contributed by atoms with van der Waals surface area (Å²) in [5.74, 6) is 1.56. The summed E-state index contributed by atoms with van der Waals surface area (Å²) in [6, 6.07) is 19.6. The molecule has 1 N–H and O–H groups in total. The molecule has 0 atom stereocenters. The van der Waals surface area contributed by atoms with Crippen LogP contribution in [0, 0.1) is 13.8 Å². The summed E-state index contributed by atoms with van der Waals surface area (Å²) < 4.78 is 11.4. The molecule has 144 valence electrons. The summed E-state index contributed by atoms with van der Waals surface area (Å²) >= 11 is 6.23. The lowest BCUT2D eigenvalue weighted by atomic mass is 10.1. The Labute approximate surface area is 170 Å². The fourth-order valence-corrected chi connectivity index (χ4v) is 2.95. The number of halogens is 1. The number of nitrogens with one attached hydrogen (secondary N) is 1. The monoisotopic (exact) mass is 394 g/mol. The van der Waals surface area contributed by atoms with E-state index < -0.39 is 0 Å². The lowest BCUT2D eigenvalue weighted by Gasteiger charge is -2.13. The summed E-state index contributed by atoms with van der Waals surface area (Å²) in [6.07, 6.45) is 1.77. The highest BCUT2D eigenvalue weighted by Crippen LogP contribution is 2.27. The summed E-state index contributed by atoms with van der Waals surface area (Å²) in [6.45, 7) is 4.33. The van der Waals surface area contributed by atoms with Crippen LogP contribution in [0.25, 0.3) is 0 Å². The fraction of sp³-hybridized carbons (Fsp3) is 0.174. The Hall–Kier alpha value is -2.98. The van der Waals surface area contributed by atoms with Crippen LogP contribution in [0.2, 0.25) is 5.02 Å². The molecule has 0 bridgehead atoms. The molecule has 3 rings (SSSR count). The topological polar surface area (TPSA) is 42.8 Å². The third kappa shape index (κ3) is 5.05. The van der Waals surface area contributed by atoms with Gasteiger partial charge in [0.05, 0.1) is 19.0 Å². The van der Waals surface area contributed by atoms with Crippen molar-refractivity contribution in [2.24, 2.45) is 5.10 Å². The summed E-state index contributed by atoms with van der Waals surface area (Å²) in [5.41, 5.74) is 7.83. The van der Waals surface area contributed by atoms with Gasteiger partial charge in [-0.3, -0.25) is 5.43 Å². The number of ether oxygens (including phenoxy) is 2. The number of aryl methyl sites for hydroxylation is 2. The minimum Gasteiger partial charge on any atom is -0.496 e. The van der Waals surface area contributed by atoms with Crippen molar-refractivity contribution in [2.75, 3.05) is 12.5 Å². The molecule has 0 aromatic heterocycles. The zero-order valence-electron chi connectivity index (χ0n) is 16.2. The van der Waals surface area contributed by atoms with Crippen molar-refractivity contribution in [1.82, 2.24) is 0 Å². The molecule has 0 saturated carbocycles. The van der Waals surface area contributed by atoms with Crippen molar-refractivity contribution in [3.8, 4) is 11.5 Å². The van der Waals surface area contributed by atoms with Gasteiger partial charge in [0.1, 0.15) is 18.1 Å². The molecule has 3 aromatic carbocycles. The molecule has 4 nitrogen and oxygen atoms in total. The normalized spacial score (nSPS) is 10.9. The van der Waals surface area contributed by atoms with Gasteiger partial charge in [-0.2, -0.15) is 5.10 Å². The maximum atomic E-state index is 6.23. The van der Waals surface area contributed by atoms with Crippen molar-refractivity contribution in [2.45, 2.75) is 20.5 Å². The van der Waals surface area contributed by atoms with E-state index in [0.29, 0.717) is 6.61 Å². The third-order valence-corrected chi connectivity index (χ3v) is 4.89. The first-order valence-electron chi connectivity index (χ1n) is 8.97. The lowest BCUT2D eigenvalue weighted by Crippen LogP contribution is -2.01. The van der Waals surface area contributed by atoms with E-state index in [1.54, 1.807) is 13.3 Å². The lowest BCUT2D eigenvalue weighted by molar-refractivity contribution is 0.296. The molecular formula is C23H23ClN2O2. The molecule has 0 saturated heterocycles. The van der Waals surface area contributed by atoms with Crippen LogP contribution in [0.5, 0.6) is 11.5 Å². The van der Waals surface area contributed by atoms with Crippen LogP contribution in [0.4, 0.5) is 5.69 Å². The molecule has 0 aliphatic heterocycles. The van der Waals surface area contributed by atoms with Crippen LogP contribution < -0.4 is 14.9 Å². The Bertz CT molecular complexity index is 949. The Morgan fingerprint density at radius 2 is 1.71 bits per heavy atom. The molecule has 0 fully saturated rings. The van der Waals surface area contributed by atoms with Crippen LogP contribution >= 0.6 is 11.6 Å². The zero-order chi connectivity index (χ0) is 19.9. The highest BCUT2D eigenvalue weighted by atomic mass is 35.5. The predicted octanol–water partition coefficient (Wildman–Crippen LogP) is 5.99. The van der Waals surface area contributed by atoms with E-state index in [0.717, 1.165) is 44.5 Å². The van der Waals surface area contributed by atoms with Gasteiger partial charge in [-0.15, -0.1) is 0 Å². The van der Waals surface area contributed by atoms with Crippen molar-refractivity contribution in [1.29, 1.82) is 0 Å². The second-order valence-electron chi connectivity index (χ2n) is 6.47. The van der Waals surface area contributed by atoms with Gasteiger partial charge in [0.25, 0.3) is 0 Å². The SMILES string of the molecule is COc1ccc(C=NNc2ccccc2)cc1COc1cc(C)c(Cl)c(C)c1. The van der Waals surface area contributed by atoms with Gasteiger partial charge in [-0.1, -0.05) is 29.8 Å². The van der Waals surface area contributed by atoms with Crippen molar-refractivity contribution in [3.05, 3.63) is 87.9 Å². The number of hydrazone groups is 1. The van der Waals surface area contributed by atoms with Crippen LogP contribution in [-0.4, -0.2) is 13.3 Å². The van der Waals surface area contributed by atoms with Crippen LogP contribution in [-0.2, 0) is 6.61 Å². The first-order valence-corrected chi connectivity index (χ1v) is 9.35. The van der Waals surface area contributed by atoms with Crippen molar-refractivity contribution < 1.29 is 9.47 Å². The molecule has 5 heteroatoms. The van der Waals surface area contributed by atoms with Gasteiger partial charge in [0.2, 0.25) is 0 Å². The van der Waals surface area contributed by atoms with E-state index in [9.17, 15) is 0 Å². The second-order valence-corrected chi connectivity index (χ2v) is 6.85. The van der Waals surface area contributed by atoms with Crippen molar-refractivity contribution in [3.63, 3.8) is 0 Å². The molecule has 0 heterocycles. The standard InChI is InChI=1S/C23H23ClN2O2/c1-16-11-21(12-17(2)23(16)24)28-15-19-13-18(9-10-22(19)27-3)14-25-26-20-7-5-4-6-8-20/h4-14,26H,15H2,1-3H3. The predicted molar refractivity (Wildman–Crippen MR) is 116 cm³/mol. The molecule has 0 spiro atoms. The first-order chi connectivity index (χ1) is 13.6. The number of methoxy groups -OCH3 is 1. The average Bonchev–Trinajstić information content (AvgIpc) is 2.71. The highest BCUT2D eigenvalue weighted by Gasteiger charge is 2.08. The van der Waals surface area contributed by atoms with Crippen LogP contribution in [0.15, 0.2) is 65.8 Å². The highest BCUT2D eigenvalue weighted by molar-refractivity contribution is 6.32. The van der Waals surface area contributed by atoms with Gasteiger partial charge in [0, 0.05) is 10.6 Å². The van der Waals surface area contributed by atoms with E-state index >= 15 is 0 Å². The Kier molecular flexibility index (Phi) is 6.56. The van der Waals surface area contributed by atoms with E-state index in [2.05, 4.69) is 10.5 Å². The third-order valence-electron chi connectivity index (χ3n) is 4.29. The number of nitrogens with zero attached hydrogens (tertiary/aromatic N) is 1. The minimum atomic E-state index is 0.386. The van der Waals surface area contributed by atoms with Gasteiger partial charge in [0.15, 0.2) is 0 Å². The van der Waals surface area contributed by atoms with E-state index in [4.69, 9.17) is 21.1 Å². The van der Waals surface area contributed by atoms with Gasteiger partial charge in [-0.25, -0.2) is 0 Å². The number of hydrogen-bond donors (Lipinski definition) is 1. The van der Waals surface area contributed by atoms with Gasteiger partial charge in [-0.05, 0) is 73.0 Å².